The third-order valence-corrected chi connectivity index (χ3v) is 2.25. The lowest BCUT2D eigenvalue weighted by Crippen LogP contribution is -2.24. The van der Waals surface area contributed by atoms with Gasteiger partial charge < -0.3 is 0 Å². The van der Waals surface area contributed by atoms with Crippen molar-refractivity contribution in [3.8, 4) is 6.07 Å². The maximum Gasteiger partial charge on any atom is 0.0941 e. The zero-order chi connectivity index (χ0) is 7.98. The Hall–Kier alpha value is -0.400. The van der Waals surface area contributed by atoms with E-state index in [0.717, 1.165) is 0 Å². The highest BCUT2D eigenvalue weighted by Crippen LogP contribution is 1.88. The van der Waals surface area contributed by atoms with Gasteiger partial charge in [0.15, 0.2) is 0 Å². The summed E-state index contributed by atoms with van der Waals surface area (Å²) in [4.78, 5) is 0. The number of nitrogens with zero attached hydrogens (tertiary/aromatic N) is 1. The highest BCUT2D eigenvalue weighted by atomic mass is 32.2. The first-order chi connectivity index (χ1) is 4.68. The van der Waals surface area contributed by atoms with Gasteiger partial charge in [-0.1, -0.05) is 0 Å². The summed E-state index contributed by atoms with van der Waals surface area (Å²) < 4.78 is 13.6. The van der Waals surface area contributed by atoms with Crippen LogP contribution in [-0.2, 0) is 11.0 Å². The molecular weight excluding hydrogens is 148 g/mol. The lowest BCUT2D eigenvalue weighted by atomic mass is 10.5. The van der Waals surface area contributed by atoms with Crippen LogP contribution in [0.1, 0.15) is 20.3 Å². The van der Waals surface area contributed by atoms with Crippen LogP contribution in [0.5, 0.6) is 0 Å². The third-order valence-electron chi connectivity index (χ3n) is 0.909. The third kappa shape index (κ3) is 4.48. The fourth-order valence-corrected chi connectivity index (χ4v) is 1.01. The Balaban J connectivity index is 3.33. The van der Waals surface area contributed by atoms with Gasteiger partial charge >= 0.3 is 0 Å². The summed E-state index contributed by atoms with van der Waals surface area (Å²) in [5.41, 5.74) is 0. The fraction of sp³-hybridized carbons (Fsp3) is 0.833. The van der Waals surface area contributed by atoms with Crippen LogP contribution < -0.4 is 4.72 Å². The van der Waals surface area contributed by atoms with E-state index in [1.165, 1.54) is 0 Å². The Kier molecular flexibility index (Phi) is 5.17. The van der Waals surface area contributed by atoms with E-state index in [9.17, 15) is 4.21 Å². The van der Waals surface area contributed by atoms with Gasteiger partial charge in [0.1, 0.15) is 0 Å². The molecule has 58 valence electrons. The molecule has 0 aromatic carbocycles. The second-order valence-electron chi connectivity index (χ2n) is 2.15. The SMILES string of the molecule is CC(C)S(=O)NCCC#N. The quantitative estimate of drug-likeness (QED) is 0.611. The van der Waals surface area contributed by atoms with E-state index in [4.69, 9.17) is 5.26 Å². The number of nitriles is 1. The molecule has 0 aliphatic carbocycles. The van der Waals surface area contributed by atoms with Crippen LogP contribution in [0, 0.1) is 11.3 Å². The molecule has 0 saturated heterocycles. The van der Waals surface area contributed by atoms with Crippen LogP contribution in [0.3, 0.4) is 0 Å². The molecule has 0 aromatic heterocycles. The predicted molar refractivity (Wildman–Crippen MR) is 41.5 cm³/mol. The van der Waals surface area contributed by atoms with Gasteiger partial charge in [-0.15, -0.1) is 0 Å². The number of nitrogens with one attached hydrogen (secondary N) is 1. The number of hydrogen-bond donors (Lipinski definition) is 1. The molecule has 3 nitrogen and oxygen atoms in total. The predicted octanol–water partition coefficient (Wildman–Crippen LogP) is 0.562. The molecule has 1 atom stereocenters. The highest BCUT2D eigenvalue weighted by molar-refractivity contribution is 7.83. The topological polar surface area (TPSA) is 52.9 Å². The summed E-state index contributed by atoms with van der Waals surface area (Å²) >= 11 is 0. The molecular formula is C6H12N2OS. The van der Waals surface area contributed by atoms with E-state index in [0.29, 0.717) is 13.0 Å². The van der Waals surface area contributed by atoms with Crippen molar-refractivity contribution in [2.24, 2.45) is 0 Å². The van der Waals surface area contributed by atoms with E-state index in [2.05, 4.69) is 4.72 Å². The van der Waals surface area contributed by atoms with E-state index in [1.54, 1.807) is 0 Å². The Morgan fingerprint density at radius 2 is 2.30 bits per heavy atom. The van der Waals surface area contributed by atoms with E-state index >= 15 is 0 Å². The minimum atomic E-state index is -0.974. The molecule has 0 rings (SSSR count). The number of rotatable bonds is 4. The van der Waals surface area contributed by atoms with Gasteiger partial charge in [-0.3, -0.25) is 0 Å². The summed E-state index contributed by atoms with van der Waals surface area (Å²) in [5, 5.41) is 8.25. The first-order valence-electron chi connectivity index (χ1n) is 3.19. The van der Waals surface area contributed by atoms with Crippen molar-refractivity contribution < 1.29 is 4.21 Å². The van der Waals surface area contributed by atoms with Crippen molar-refractivity contribution in [2.45, 2.75) is 25.5 Å². The molecule has 0 aromatic rings. The first-order valence-corrected chi connectivity index (χ1v) is 4.40. The maximum atomic E-state index is 10.9. The Bertz CT molecular complexity index is 150. The lowest BCUT2D eigenvalue weighted by Gasteiger charge is -2.03. The van der Waals surface area contributed by atoms with Crippen LogP contribution in [0.15, 0.2) is 0 Å². The Morgan fingerprint density at radius 3 is 2.70 bits per heavy atom. The zero-order valence-corrected chi connectivity index (χ0v) is 7.07. The van der Waals surface area contributed by atoms with Crippen molar-refractivity contribution in [1.29, 1.82) is 5.26 Å². The molecule has 0 heterocycles. The second-order valence-corrected chi connectivity index (χ2v) is 3.97. The van der Waals surface area contributed by atoms with Gasteiger partial charge in [-0.2, -0.15) is 5.26 Å². The van der Waals surface area contributed by atoms with Gasteiger partial charge in [0, 0.05) is 18.2 Å². The summed E-state index contributed by atoms with van der Waals surface area (Å²) in [6, 6.07) is 1.97. The van der Waals surface area contributed by atoms with Crippen molar-refractivity contribution in [3.05, 3.63) is 0 Å². The molecule has 0 fully saturated rings. The average molecular weight is 160 g/mol. The summed E-state index contributed by atoms with van der Waals surface area (Å²) in [6.07, 6.45) is 0.415. The molecule has 10 heavy (non-hydrogen) atoms. The van der Waals surface area contributed by atoms with Gasteiger partial charge in [0.25, 0.3) is 0 Å². The van der Waals surface area contributed by atoms with E-state index in [-0.39, 0.29) is 5.25 Å². The van der Waals surface area contributed by atoms with Gasteiger partial charge in [-0.05, 0) is 13.8 Å². The van der Waals surface area contributed by atoms with Crippen molar-refractivity contribution in [1.82, 2.24) is 4.72 Å². The molecule has 0 spiro atoms. The lowest BCUT2D eigenvalue weighted by molar-refractivity contribution is 0.665. The van der Waals surface area contributed by atoms with Crippen LogP contribution >= 0.6 is 0 Å². The van der Waals surface area contributed by atoms with Gasteiger partial charge in [0.2, 0.25) is 0 Å². The zero-order valence-electron chi connectivity index (χ0n) is 6.26. The summed E-state index contributed by atoms with van der Waals surface area (Å²) in [6.45, 7) is 4.26. The molecule has 0 bridgehead atoms. The number of hydrogen-bond acceptors (Lipinski definition) is 2. The molecule has 0 amide bonds. The van der Waals surface area contributed by atoms with Crippen molar-refractivity contribution >= 4 is 11.0 Å². The minimum Gasteiger partial charge on any atom is -0.243 e. The second kappa shape index (κ2) is 5.39. The first kappa shape index (κ1) is 9.60. The fourth-order valence-electron chi connectivity index (χ4n) is 0.374. The Labute approximate surface area is 64.0 Å². The van der Waals surface area contributed by atoms with E-state index < -0.39 is 11.0 Å². The van der Waals surface area contributed by atoms with Crippen LogP contribution in [0.4, 0.5) is 0 Å². The smallest absolute Gasteiger partial charge is 0.0941 e. The molecule has 0 saturated carbocycles. The summed E-state index contributed by atoms with van der Waals surface area (Å²) in [5.74, 6) is 0. The minimum absolute atomic E-state index is 0.124. The molecule has 1 unspecified atom stereocenters. The maximum absolute atomic E-state index is 10.9. The Morgan fingerprint density at radius 1 is 1.70 bits per heavy atom. The molecule has 0 aliphatic rings. The largest absolute Gasteiger partial charge is 0.243 e. The molecule has 0 aliphatic heterocycles. The molecule has 4 heteroatoms. The van der Waals surface area contributed by atoms with Crippen LogP contribution in [0.25, 0.3) is 0 Å². The van der Waals surface area contributed by atoms with Crippen LogP contribution in [0.2, 0.25) is 0 Å². The average Bonchev–Trinajstić information content (AvgIpc) is 1.88. The van der Waals surface area contributed by atoms with E-state index in [1.807, 2.05) is 19.9 Å². The highest BCUT2D eigenvalue weighted by Gasteiger charge is 2.01. The van der Waals surface area contributed by atoms with Gasteiger partial charge in [0.05, 0.1) is 17.1 Å². The standard InChI is InChI=1S/C6H12N2OS/c1-6(2)10(9)8-5-3-4-7/h6,8H,3,5H2,1-2H3. The molecule has 0 radical (unpaired) electrons. The van der Waals surface area contributed by atoms with Crippen LogP contribution in [-0.4, -0.2) is 16.0 Å². The summed E-state index contributed by atoms with van der Waals surface area (Å²) in [7, 11) is -0.974. The monoisotopic (exact) mass is 160 g/mol. The molecule has 1 N–H and O–H groups in total. The van der Waals surface area contributed by atoms with Gasteiger partial charge in [-0.25, -0.2) is 8.93 Å². The van der Waals surface area contributed by atoms with Crippen molar-refractivity contribution in [3.63, 3.8) is 0 Å². The normalized spacial score (nSPS) is 13.0. The van der Waals surface area contributed by atoms with Crippen molar-refractivity contribution in [2.75, 3.05) is 6.54 Å².